The highest BCUT2D eigenvalue weighted by molar-refractivity contribution is 8.00. The Balaban J connectivity index is 2.23. The maximum Gasteiger partial charge on any atom is 0.0606 e. The van der Waals surface area contributed by atoms with Crippen LogP contribution < -0.4 is 9.62 Å². The first-order valence-corrected chi connectivity index (χ1v) is 7.33. The molecule has 0 fully saturated rings. The van der Waals surface area contributed by atoms with Gasteiger partial charge in [0, 0.05) is 17.0 Å². The summed E-state index contributed by atoms with van der Waals surface area (Å²) in [6.07, 6.45) is 0. The Morgan fingerprint density at radius 3 is 2.74 bits per heavy atom. The molecule has 98 valence electrons. The first kappa shape index (κ1) is 12.9. The Morgan fingerprint density at radius 2 is 1.95 bits per heavy atom. The predicted molar refractivity (Wildman–Crippen MR) is 83.1 cm³/mol. The van der Waals surface area contributed by atoms with Gasteiger partial charge in [-0.3, -0.25) is 0 Å². The molecule has 0 radical (unpaired) electrons. The zero-order chi connectivity index (χ0) is 13.4. The molecule has 0 spiro atoms. The summed E-state index contributed by atoms with van der Waals surface area (Å²) in [5, 5.41) is 4.19. The van der Waals surface area contributed by atoms with Gasteiger partial charge in [-0.2, -0.15) is 0 Å². The lowest BCUT2D eigenvalue weighted by atomic mass is 9.97. The minimum absolute atomic E-state index is 0.195. The van der Waals surface area contributed by atoms with Gasteiger partial charge >= 0.3 is 0 Å². The summed E-state index contributed by atoms with van der Waals surface area (Å²) in [6, 6.07) is 14.8. The van der Waals surface area contributed by atoms with Crippen LogP contribution in [0.25, 0.3) is 0 Å². The minimum Gasteiger partial charge on any atom is -0.315 e. The summed E-state index contributed by atoms with van der Waals surface area (Å²) in [6.45, 7) is 0. The SMILES string of the molecule is CNC1c2ccc(Cl)cc2SN(C)c2ccccc21. The van der Waals surface area contributed by atoms with Crippen molar-refractivity contribution in [2.24, 2.45) is 0 Å². The van der Waals surface area contributed by atoms with E-state index in [1.54, 1.807) is 11.9 Å². The van der Waals surface area contributed by atoms with E-state index in [0.717, 1.165) is 5.02 Å². The fourth-order valence-corrected chi connectivity index (χ4v) is 3.79. The lowest BCUT2D eigenvalue weighted by Crippen LogP contribution is -2.18. The van der Waals surface area contributed by atoms with Crippen molar-refractivity contribution in [2.45, 2.75) is 10.9 Å². The number of benzene rings is 2. The normalized spacial score (nSPS) is 17.6. The molecule has 1 unspecified atom stereocenters. The number of rotatable bonds is 1. The van der Waals surface area contributed by atoms with Crippen LogP contribution in [0.3, 0.4) is 0 Å². The molecule has 0 aromatic heterocycles. The molecular formula is C15H15ClN2S. The second kappa shape index (κ2) is 5.08. The summed E-state index contributed by atoms with van der Waals surface area (Å²) in [4.78, 5) is 1.20. The van der Waals surface area contributed by atoms with Crippen molar-refractivity contribution in [3.05, 3.63) is 58.6 Å². The predicted octanol–water partition coefficient (Wildman–Crippen LogP) is 4.11. The molecule has 0 aliphatic carbocycles. The van der Waals surface area contributed by atoms with E-state index in [1.807, 2.05) is 19.2 Å². The first-order chi connectivity index (χ1) is 9.20. The van der Waals surface area contributed by atoms with E-state index in [4.69, 9.17) is 11.6 Å². The molecule has 3 rings (SSSR count). The van der Waals surface area contributed by atoms with Crippen molar-refractivity contribution >= 4 is 29.2 Å². The first-order valence-electron chi connectivity index (χ1n) is 6.18. The van der Waals surface area contributed by atoms with Gasteiger partial charge in [-0.1, -0.05) is 35.9 Å². The Kier molecular flexibility index (Phi) is 3.44. The van der Waals surface area contributed by atoms with E-state index in [0.29, 0.717) is 0 Å². The molecule has 1 atom stereocenters. The third-order valence-corrected chi connectivity index (χ3v) is 4.65. The van der Waals surface area contributed by atoms with Crippen LogP contribution in [-0.4, -0.2) is 14.1 Å². The van der Waals surface area contributed by atoms with Gasteiger partial charge in [0.25, 0.3) is 0 Å². The molecule has 0 amide bonds. The van der Waals surface area contributed by atoms with Gasteiger partial charge in [-0.05, 0) is 48.3 Å². The molecule has 1 aliphatic rings. The number of hydrogen-bond donors (Lipinski definition) is 1. The molecule has 1 N–H and O–H groups in total. The van der Waals surface area contributed by atoms with E-state index < -0.39 is 0 Å². The average molecular weight is 291 g/mol. The molecular weight excluding hydrogens is 276 g/mol. The van der Waals surface area contributed by atoms with Gasteiger partial charge in [0.05, 0.1) is 11.7 Å². The Labute approximate surface area is 122 Å². The highest BCUT2D eigenvalue weighted by Crippen LogP contribution is 2.43. The summed E-state index contributed by atoms with van der Waals surface area (Å²) in [7, 11) is 4.09. The number of nitrogens with one attached hydrogen (secondary N) is 1. The lowest BCUT2D eigenvalue weighted by molar-refractivity contribution is 0.683. The fourth-order valence-electron chi connectivity index (χ4n) is 2.52. The Morgan fingerprint density at radius 1 is 1.16 bits per heavy atom. The number of hydrogen-bond acceptors (Lipinski definition) is 3. The topological polar surface area (TPSA) is 15.3 Å². The smallest absolute Gasteiger partial charge is 0.0606 e. The van der Waals surface area contributed by atoms with Crippen molar-refractivity contribution in [1.29, 1.82) is 0 Å². The highest BCUT2D eigenvalue weighted by Gasteiger charge is 2.25. The molecule has 2 aromatic carbocycles. The monoisotopic (exact) mass is 290 g/mol. The molecule has 0 saturated carbocycles. The summed E-state index contributed by atoms with van der Waals surface area (Å²) >= 11 is 7.85. The van der Waals surface area contributed by atoms with Crippen LogP contribution in [0.2, 0.25) is 5.02 Å². The zero-order valence-electron chi connectivity index (χ0n) is 10.9. The van der Waals surface area contributed by atoms with Crippen molar-refractivity contribution in [3.8, 4) is 0 Å². The largest absolute Gasteiger partial charge is 0.315 e. The lowest BCUT2D eigenvalue weighted by Gasteiger charge is -2.20. The van der Waals surface area contributed by atoms with Gasteiger partial charge < -0.3 is 9.62 Å². The van der Waals surface area contributed by atoms with Crippen LogP contribution in [0.4, 0.5) is 5.69 Å². The molecule has 2 aromatic rings. The van der Waals surface area contributed by atoms with Crippen LogP contribution in [-0.2, 0) is 0 Å². The quantitative estimate of drug-likeness (QED) is 0.796. The van der Waals surface area contributed by atoms with E-state index >= 15 is 0 Å². The van der Waals surface area contributed by atoms with Crippen LogP contribution in [0.15, 0.2) is 47.4 Å². The highest BCUT2D eigenvalue weighted by atomic mass is 35.5. The van der Waals surface area contributed by atoms with Crippen molar-refractivity contribution in [3.63, 3.8) is 0 Å². The number of anilines is 1. The number of halogens is 1. The van der Waals surface area contributed by atoms with Crippen LogP contribution in [0, 0.1) is 0 Å². The molecule has 0 bridgehead atoms. The zero-order valence-corrected chi connectivity index (χ0v) is 12.4. The second-order valence-corrected chi connectivity index (χ2v) is 6.16. The van der Waals surface area contributed by atoms with Gasteiger partial charge in [0.2, 0.25) is 0 Å². The molecule has 2 nitrogen and oxygen atoms in total. The Bertz CT molecular complexity index is 615. The molecule has 0 saturated heterocycles. The van der Waals surface area contributed by atoms with Gasteiger partial charge in [0.15, 0.2) is 0 Å². The standard InChI is InChI=1S/C15H15ClN2S/c1-17-15-11-5-3-4-6-13(11)18(2)19-14-9-10(16)7-8-12(14)15/h3-9,15,17H,1-2H3. The third-order valence-electron chi connectivity index (χ3n) is 3.40. The van der Waals surface area contributed by atoms with E-state index in [-0.39, 0.29) is 6.04 Å². The van der Waals surface area contributed by atoms with Gasteiger partial charge in [-0.15, -0.1) is 0 Å². The van der Waals surface area contributed by atoms with E-state index in [1.165, 1.54) is 21.7 Å². The molecule has 1 aliphatic heterocycles. The van der Waals surface area contributed by atoms with E-state index in [2.05, 4.69) is 47.0 Å². The average Bonchev–Trinajstić information content (AvgIpc) is 2.53. The van der Waals surface area contributed by atoms with Crippen molar-refractivity contribution in [1.82, 2.24) is 5.32 Å². The minimum atomic E-state index is 0.195. The van der Waals surface area contributed by atoms with Gasteiger partial charge in [0.1, 0.15) is 0 Å². The van der Waals surface area contributed by atoms with Crippen LogP contribution >= 0.6 is 23.5 Å². The van der Waals surface area contributed by atoms with E-state index in [9.17, 15) is 0 Å². The summed E-state index contributed by atoms with van der Waals surface area (Å²) < 4.78 is 2.20. The number of para-hydroxylation sites is 1. The number of nitrogens with zero attached hydrogens (tertiary/aromatic N) is 1. The van der Waals surface area contributed by atoms with Crippen LogP contribution in [0.1, 0.15) is 17.2 Å². The molecule has 1 heterocycles. The maximum atomic E-state index is 6.13. The summed E-state index contributed by atoms with van der Waals surface area (Å²) in [5.41, 5.74) is 3.80. The Hall–Kier alpha value is -1.16. The van der Waals surface area contributed by atoms with Gasteiger partial charge in [-0.25, -0.2) is 0 Å². The number of fused-ring (bicyclic) bond motifs is 2. The fraction of sp³-hybridized carbons (Fsp3) is 0.200. The summed E-state index contributed by atoms with van der Waals surface area (Å²) in [5.74, 6) is 0. The van der Waals surface area contributed by atoms with Crippen molar-refractivity contribution in [2.75, 3.05) is 18.4 Å². The third kappa shape index (κ3) is 2.22. The maximum absolute atomic E-state index is 6.13. The van der Waals surface area contributed by atoms with Crippen molar-refractivity contribution < 1.29 is 0 Å². The second-order valence-electron chi connectivity index (χ2n) is 4.55. The van der Waals surface area contributed by atoms with Crippen LogP contribution in [0.5, 0.6) is 0 Å². The molecule has 4 heteroatoms. The molecule has 19 heavy (non-hydrogen) atoms.